The van der Waals surface area contributed by atoms with Gasteiger partial charge in [0.25, 0.3) is 5.91 Å². The smallest absolute Gasteiger partial charge is 0.260 e. The lowest BCUT2D eigenvalue weighted by Gasteiger charge is -2.21. The minimum absolute atomic E-state index is 0.368. The number of rotatable bonds is 6. The predicted molar refractivity (Wildman–Crippen MR) is 106 cm³/mol. The van der Waals surface area contributed by atoms with Crippen LogP contribution in [-0.4, -0.2) is 33.3 Å². The van der Waals surface area contributed by atoms with Crippen molar-refractivity contribution in [2.75, 3.05) is 17.1 Å². The van der Waals surface area contributed by atoms with Gasteiger partial charge in [-0.25, -0.2) is 13.8 Å². The Bertz CT molecular complexity index is 884. The minimum Gasteiger partial charge on any atom is -0.271 e. The monoisotopic (exact) mass is 487 g/mol. The molecule has 0 aliphatic carbocycles. The van der Waals surface area contributed by atoms with Gasteiger partial charge in [0.15, 0.2) is 0 Å². The Hall–Kier alpha value is -1.71. The Morgan fingerprint density at radius 3 is 2.44 bits per heavy atom. The molecule has 2 rings (SSSR count). The molecule has 0 aliphatic heterocycles. The number of carbonyl (C=O) groups excluding carboxylic acids is 1. The molecule has 1 amide bonds. The van der Waals surface area contributed by atoms with E-state index in [1.165, 1.54) is 6.21 Å². The van der Waals surface area contributed by atoms with Gasteiger partial charge < -0.3 is 0 Å². The van der Waals surface area contributed by atoms with Crippen LogP contribution in [0.25, 0.3) is 0 Å². The maximum absolute atomic E-state index is 12.1. The van der Waals surface area contributed by atoms with Gasteiger partial charge in [0.2, 0.25) is 10.0 Å². The maximum Gasteiger partial charge on any atom is 0.260 e. The van der Waals surface area contributed by atoms with Crippen LogP contribution in [0.3, 0.4) is 0 Å². The summed E-state index contributed by atoms with van der Waals surface area (Å²) in [5.74, 6) is -0.543. The summed E-state index contributed by atoms with van der Waals surface area (Å²) in [5, 5.41) is 3.85. The molecular formula is C16H15Br2N3O3S. The zero-order valence-corrected chi connectivity index (χ0v) is 17.2. The summed E-state index contributed by atoms with van der Waals surface area (Å²) in [5.41, 5.74) is 3.53. The van der Waals surface area contributed by atoms with Crippen LogP contribution >= 0.6 is 31.9 Å². The summed E-state index contributed by atoms with van der Waals surface area (Å²) in [7, 11) is -3.62. The van der Waals surface area contributed by atoms with E-state index in [-0.39, 0.29) is 6.54 Å². The number of benzene rings is 2. The quantitative estimate of drug-likeness (QED) is 0.501. The van der Waals surface area contributed by atoms with Crippen molar-refractivity contribution in [1.82, 2.24) is 5.43 Å². The third-order valence-electron chi connectivity index (χ3n) is 3.06. The molecule has 0 unspecified atom stereocenters. The fraction of sp³-hybridized carbons (Fsp3) is 0.125. The number of amides is 1. The van der Waals surface area contributed by atoms with Crippen LogP contribution in [0.15, 0.2) is 62.6 Å². The fourth-order valence-corrected chi connectivity index (χ4v) is 3.42. The average Bonchev–Trinajstić information content (AvgIpc) is 2.53. The molecule has 0 bridgehead atoms. The standard InChI is InChI=1S/C16H15Br2N3O3S/c1-25(23,24)21(15-4-2-3-14(18)9-15)11-16(22)20-19-10-12-5-7-13(17)8-6-12/h2-10H,11H2,1H3,(H,20,22)/b19-10-. The van der Waals surface area contributed by atoms with Gasteiger partial charge in [0.1, 0.15) is 6.54 Å². The second-order valence-corrected chi connectivity index (χ2v) is 8.83. The second-order valence-electron chi connectivity index (χ2n) is 5.09. The molecule has 1 N–H and O–H groups in total. The van der Waals surface area contributed by atoms with E-state index in [0.717, 1.165) is 20.6 Å². The molecule has 0 saturated carbocycles. The lowest BCUT2D eigenvalue weighted by Crippen LogP contribution is -2.39. The lowest BCUT2D eigenvalue weighted by atomic mass is 10.2. The van der Waals surface area contributed by atoms with E-state index in [9.17, 15) is 13.2 Å². The third-order valence-corrected chi connectivity index (χ3v) is 5.22. The Balaban J connectivity index is 2.06. The third kappa shape index (κ3) is 6.26. The molecule has 132 valence electrons. The van der Waals surface area contributed by atoms with Gasteiger partial charge in [-0.1, -0.05) is 50.1 Å². The highest BCUT2D eigenvalue weighted by molar-refractivity contribution is 9.10. The first-order valence-corrected chi connectivity index (χ1v) is 10.5. The van der Waals surface area contributed by atoms with Gasteiger partial charge in [0, 0.05) is 8.95 Å². The van der Waals surface area contributed by atoms with E-state index in [0.29, 0.717) is 10.2 Å². The van der Waals surface area contributed by atoms with Crippen molar-refractivity contribution in [1.29, 1.82) is 0 Å². The van der Waals surface area contributed by atoms with E-state index < -0.39 is 15.9 Å². The van der Waals surface area contributed by atoms with Crippen molar-refractivity contribution >= 4 is 59.7 Å². The van der Waals surface area contributed by atoms with Crippen LogP contribution in [0, 0.1) is 0 Å². The SMILES string of the molecule is CS(=O)(=O)N(CC(=O)N/N=C\c1ccc(Br)cc1)c1cccc(Br)c1. The van der Waals surface area contributed by atoms with Crippen LogP contribution < -0.4 is 9.73 Å². The Morgan fingerprint density at radius 2 is 1.84 bits per heavy atom. The van der Waals surface area contributed by atoms with Gasteiger partial charge >= 0.3 is 0 Å². The number of nitrogens with zero attached hydrogens (tertiary/aromatic N) is 2. The van der Waals surface area contributed by atoms with E-state index in [1.807, 2.05) is 24.3 Å². The largest absolute Gasteiger partial charge is 0.271 e. The first-order chi connectivity index (χ1) is 11.8. The average molecular weight is 489 g/mol. The summed E-state index contributed by atoms with van der Waals surface area (Å²) in [4.78, 5) is 12.1. The van der Waals surface area contributed by atoms with Crippen molar-refractivity contribution < 1.29 is 13.2 Å². The van der Waals surface area contributed by atoms with Crippen LogP contribution in [0.4, 0.5) is 5.69 Å². The van der Waals surface area contributed by atoms with Crippen LogP contribution in [-0.2, 0) is 14.8 Å². The molecule has 2 aromatic rings. The predicted octanol–water partition coefficient (Wildman–Crippen LogP) is 3.13. The topological polar surface area (TPSA) is 78.8 Å². The molecule has 0 fully saturated rings. The molecule has 2 aromatic carbocycles. The minimum atomic E-state index is -3.62. The normalized spacial score (nSPS) is 11.5. The van der Waals surface area contributed by atoms with Gasteiger partial charge in [-0.3, -0.25) is 9.10 Å². The number of anilines is 1. The Morgan fingerprint density at radius 1 is 1.16 bits per heavy atom. The van der Waals surface area contributed by atoms with Gasteiger partial charge in [-0.2, -0.15) is 5.10 Å². The first-order valence-electron chi connectivity index (χ1n) is 7.06. The van der Waals surface area contributed by atoms with Gasteiger partial charge in [0.05, 0.1) is 18.2 Å². The molecule has 0 saturated heterocycles. The molecule has 0 heterocycles. The maximum atomic E-state index is 12.1. The van der Waals surface area contributed by atoms with Crippen molar-refractivity contribution in [3.05, 3.63) is 63.0 Å². The van der Waals surface area contributed by atoms with Crippen LogP contribution in [0.2, 0.25) is 0 Å². The number of carbonyl (C=O) groups is 1. The number of nitrogens with one attached hydrogen (secondary N) is 1. The number of halogens is 2. The summed E-state index contributed by atoms with van der Waals surface area (Å²) >= 11 is 6.62. The fourth-order valence-electron chi connectivity index (χ4n) is 1.92. The van der Waals surface area contributed by atoms with E-state index in [4.69, 9.17) is 0 Å². The highest BCUT2D eigenvalue weighted by atomic mass is 79.9. The first kappa shape index (κ1) is 19.6. The van der Waals surface area contributed by atoms with Gasteiger partial charge in [-0.15, -0.1) is 0 Å². The highest BCUT2D eigenvalue weighted by Crippen LogP contribution is 2.21. The Kier molecular flexibility index (Phi) is 6.74. The van der Waals surface area contributed by atoms with E-state index in [2.05, 4.69) is 42.4 Å². The van der Waals surface area contributed by atoms with Crippen molar-refractivity contribution in [3.63, 3.8) is 0 Å². The summed E-state index contributed by atoms with van der Waals surface area (Å²) < 4.78 is 26.7. The number of hydrogen-bond donors (Lipinski definition) is 1. The van der Waals surface area contributed by atoms with Crippen molar-refractivity contribution in [2.45, 2.75) is 0 Å². The lowest BCUT2D eigenvalue weighted by molar-refractivity contribution is -0.119. The molecule has 0 spiro atoms. The summed E-state index contributed by atoms with van der Waals surface area (Å²) in [6.07, 6.45) is 2.53. The zero-order valence-electron chi connectivity index (χ0n) is 13.2. The molecule has 6 nitrogen and oxygen atoms in total. The molecule has 25 heavy (non-hydrogen) atoms. The molecule has 0 aliphatic rings. The summed E-state index contributed by atoms with van der Waals surface area (Å²) in [6, 6.07) is 14.1. The molecule has 0 atom stereocenters. The number of hydrazone groups is 1. The van der Waals surface area contributed by atoms with Gasteiger partial charge in [-0.05, 0) is 35.9 Å². The van der Waals surface area contributed by atoms with Crippen LogP contribution in [0.5, 0.6) is 0 Å². The zero-order chi connectivity index (χ0) is 18.4. The number of hydrogen-bond acceptors (Lipinski definition) is 4. The summed E-state index contributed by atoms with van der Waals surface area (Å²) in [6.45, 7) is -0.368. The number of sulfonamides is 1. The van der Waals surface area contributed by atoms with Crippen molar-refractivity contribution in [2.24, 2.45) is 5.10 Å². The van der Waals surface area contributed by atoms with Crippen molar-refractivity contribution in [3.8, 4) is 0 Å². The molecule has 9 heteroatoms. The molecule has 0 aromatic heterocycles. The van der Waals surface area contributed by atoms with E-state index >= 15 is 0 Å². The molecular weight excluding hydrogens is 474 g/mol. The Labute approximate surface area is 163 Å². The molecule has 0 radical (unpaired) electrons. The van der Waals surface area contributed by atoms with E-state index in [1.54, 1.807) is 24.3 Å². The highest BCUT2D eigenvalue weighted by Gasteiger charge is 2.20. The van der Waals surface area contributed by atoms with Crippen LogP contribution in [0.1, 0.15) is 5.56 Å². The second kappa shape index (κ2) is 8.59.